The van der Waals surface area contributed by atoms with Crippen molar-refractivity contribution in [3.63, 3.8) is 0 Å². The van der Waals surface area contributed by atoms with Gasteiger partial charge in [-0.05, 0) is 71.7 Å². The second kappa shape index (κ2) is 7.28. The summed E-state index contributed by atoms with van der Waals surface area (Å²) in [6.07, 6.45) is 2.35. The van der Waals surface area contributed by atoms with E-state index in [1.165, 1.54) is 0 Å². The second-order valence-electron chi connectivity index (χ2n) is 8.78. The lowest BCUT2D eigenvalue weighted by atomic mass is 9.62. The number of aliphatic imine (C=N–C) groups is 1. The third-order valence-electron chi connectivity index (χ3n) is 7.19. The van der Waals surface area contributed by atoms with Gasteiger partial charge >= 0.3 is 0 Å². The van der Waals surface area contributed by atoms with E-state index in [0.29, 0.717) is 30.9 Å². The van der Waals surface area contributed by atoms with E-state index in [1.807, 2.05) is 24.3 Å². The number of ether oxygens (including phenoxy) is 3. The number of benzene rings is 2. The zero-order valence-electron chi connectivity index (χ0n) is 19.8. The van der Waals surface area contributed by atoms with Gasteiger partial charge in [-0.1, -0.05) is 19.1 Å². The van der Waals surface area contributed by atoms with Gasteiger partial charge in [0.05, 0.1) is 21.5 Å². The fourth-order valence-electron chi connectivity index (χ4n) is 5.50. The molecule has 0 radical (unpaired) electrons. The third-order valence-corrected chi connectivity index (χ3v) is 7.19. The van der Waals surface area contributed by atoms with Crippen LogP contribution in [-0.4, -0.2) is 32.9 Å². The molecule has 1 spiro atoms. The van der Waals surface area contributed by atoms with Crippen LogP contribution in [0.2, 0.25) is 0 Å². The van der Waals surface area contributed by atoms with E-state index < -0.39 is 17.5 Å². The van der Waals surface area contributed by atoms with Crippen LogP contribution in [0.25, 0.3) is 11.1 Å². The van der Waals surface area contributed by atoms with Crippen LogP contribution in [0.1, 0.15) is 39.2 Å². The SMILES string of the molecule is [2H]C1([2H])OC(N)=NC12c1cc(-c3cc(C#N)cc(OC)c3)ccc1CC2(C)C1CCOCC1. The fraction of sp³-hybridized carbons (Fsp3) is 0.440. The van der Waals surface area contributed by atoms with Crippen molar-refractivity contribution in [1.82, 2.24) is 0 Å². The summed E-state index contributed by atoms with van der Waals surface area (Å²) in [5, 5.41) is 9.45. The highest BCUT2D eigenvalue weighted by atomic mass is 16.5. The minimum atomic E-state index is -2.10. The average molecular weight is 420 g/mol. The Labute approximate surface area is 185 Å². The maximum absolute atomic E-state index is 9.45. The number of methoxy groups -OCH3 is 1. The molecule has 2 unspecified atom stereocenters. The summed E-state index contributed by atoms with van der Waals surface area (Å²) < 4.78 is 34.4. The van der Waals surface area contributed by atoms with Crippen molar-refractivity contribution < 1.29 is 17.0 Å². The molecule has 1 aliphatic carbocycles. The quantitative estimate of drug-likeness (QED) is 0.818. The van der Waals surface area contributed by atoms with E-state index in [4.69, 9.17) is 27.7 Å². The molecular formula is C25H27N3O3. The minimum Gasteiger partial charge on any atom is -0.497 e. The molecule has 0 aromatic heterocycles. The molecular weight excluding hydrogens is 390 g/mol. The zero-order chi connectivity index (χ0) is 23.4. The Morgan fingerprint density at radius 2 is 2.03 bits per heavy atom. The van der Waals surface area contributed by atoms with E-state index in [0.717, 1.165) is 35.1 Å². The Morgan fingerprint density at radius 3 is 2.71 bits per heavy atom. The maximum Gasteiger partial charge on any atom is 0.283 e. The predicted octanol–water partition coefficient (Wildman–Crippen LogP) is 3.76. The van der Waals surface area contributed by atoms with Gasteiger partial charge in [0.15, 0.2) is 0 Å². The van der Waals surface area contributed by atoms with Gasteiger partial charge in [-0.15, -0.1) is 0 Å². The number of nitrogens with two attached hydrogens (primary N) is 1. The lowest BCUT2D eigenvalue weighted by molar-refractivity contribution is -0.0206. The highest BCUT2D eigenvalue weighted by Crippen LogP contribution is 2.60. The first-order chi connectivity index (χ1) is 15.7. The monoisotopic (exact) mass is 419 g/mol. The first-order valence-electron chi connectivity index (χ1n) is 11.6. The molecule has 1 fully saturated rings. The van der Waals surface area contributed by atoms with Gasteiger partial charge in [0, 0.05) is 18.6 Å². The van der Waals surface area contributed by atoms with Crippen LogP contribution >= 0.6 is 0 Å². The highest BCUT2D eigenvalue weighted by Gasteiger charge is 2.61. The first kappa shape index (κ1) is 17.6. The molecule has 2 aromatic carbocycles. The highest BCUT2D eigenvalue weighted by molar-refractivity contribution is 5.76. The largest absolute Gasteiger partial charge is 0.497 e. The molecule has 6 heteroatoms. The van der Waals surface area contributed by atoms with Crippen LogP contribution < -0.4 is 10.5 Å². The van der Waals surface area contributed by atoms with E-state index in [1.54, 1.807) is 19.2 Å². The van der Waals surface area contributed by atoms with Gasteiger partial charge in [-0.25, -0.2) is 4.99 Å². The zero-order valence-corrected chi connectivity index (χ0v) is 17.8. The average Bonchev–Trinajstić information content (AvgIpc) is 3.23. The second-order valence-corrected chi connectivity index (χ2v) is 8.78. The van der Waals surface area contributed by atoms with Crippen molar-refractivity contribution in [3.05, 3.63) is 53.1 Å². The smallest absolute Gasteiger partial charge is 0.283 e. The fourth-order valence-corrected chi connectivity index (χ4v) is 5.50. The van der Waals surface area contributed by atoms with Crippen LogP contribution in [0.4, 0.5) is 0 Å². The Morgan fingerprint density at radius 1 is 1.23 bits per heavy atom. The molecule has 1 saturated heterocycles. The minimum absolute atomic E-state index is 0.121. The van der Waals surface area contributed by atoms with Gasteiger partial charge < -0.3 is 19.9 Å². The molecule has 2 aromatic rings. The number of hydrogen-bond donors (Lipinski definition) is 1. The van der Waals surface area contributed by atoms with Crippen molar-refractivity contribution in [2.24, 2.45) is 22.1 Å². The molecule has 0 saturated carbocycles. The molecule has 2 atom stereocenters. The molecule has 2 heterocycles. The Hall–Kier alpha value is -3.04. The molecule has 160 valence electrons. The molecule has 2 N–H and O–H groups in total. The number of amidine groups is 1. The van der Waals surface area contributed by atoms with Crippen LogP contribution in [-0.2, 0) is 21.4 Å². The van der Waals surface area contributed by atoms with Crippen LogP contribution in [0.5, 0.6) is 5.75 Å². The van der Waals surface area contributed by atoms with Gasteiger partial charge in [0.1, 0.15) is 17.8 Å². The lowest BCUT2D eigenvalue weighted by Crippen LogP contribution is -2.47. The molecule has 31 heavy (non-hydrogen) atoms. The van der Waals surface area contributed by atoms with Crippen molar-refractivity contribution in [2.45, 2.75) is 31.7 Å². The summed E-state index contributed by atoms with van der Waals surface area (Å²) in [5.74, 6) is 0.797. The first-order valence-corrected chi connectivity index (χ1v) is 10.6. The van der Waals surface area contributed by atoms with E-state index >= 15 is 0 Å². The number of hydrogen-bond acceptors (Lipinski definition) is 6. The van der Waals surface area contributed by atoms with Crippen LogP contribution in [0, 0.1) is 22.7 Å². The van der Waals surface area contributed by atoms with Crippen LogP contribution in [0.3, 0.4) is 0 Å². The van der Waals surface area contributed by atoms with Gasteiger partial charge in [0.2, 0.25) is 0 Å². The molecule has 3 aliphatic rings. The van der Waals surface area contributed by atoms with Gasteiger partial charge in [-0.2, -0.15) is 5.26 Å². The number of fused-ring (bicyclic) bond motifs is 2. The molecule has 6 nitrogen and oxygen atoms in total. The number of rotatable bonds is 3. The maximum atomic E-state index is 9.45. The molecule has 5 rings (SSSR count). The normalized spacial score (nSPS) is 30.0. The van der Waals surface area contributed by atoms with Crippen molar-refractivity contribution in [3.8, 4) is 22.9 Å². The lowest BCUT2D eigenvalue weighted by Gasteiger charge is -2.45. The molecule has 0 amide bonds. The Bertz CT molecular complexity index is 1190. The van der Waals surface area contributed by atoms with Gasteiger partial charge in [-0.3, -0.25) is 0 Å². The summed E-state index contributed by atoms with van der Waals surface area (Å²) in [6.45, 7) is 1.33. The van der Waals surface area contributed by atoms with E-state index in [9.17, 15) is 5.26 Å². The Kier molecular flexibility index (Phi) is 4.14. The topological polar surface area (TPSA) is 89.9 Å². The predicted molar refractivity (Wildman–Crippen MR) is 118 cm³/mol. The summed E-state index contributed by atoms with van der Waals surface area (Å²) in [6, 6.07) is 13.5. The van der Waals surface area contributed by atoms with E-state index in [2.05, 4.69) is 13.0 Å². The summed E-state index contributed by atoms with van der Waals surface area (Å²) in [7, 11) is 1.57. The summed E-state index contributed by atoms with van der Waals surface area (Å²) in [5.41, 5.74) is 8.21. The van der Waals surface area contributed by atoms with E-state index in [-0.39, 0.29) is 11.9 Å². The molecule has 2 aliphatic heterocycles. The number of nitrogens with zero attached hydrogens (tertiary/aromatic N) is 2. The van der Waals surface area contributed by atoms with Crippen LogP contribution in [0.15, 0.2) is 41.4 Å². The van der Waals surface area contributed by atoms with Crippen molar-refractivity contribution in [2.75, 3.05) is 26.9 Å². The summed E-state index contributed by atoms with van der Waals surface area (Å²) in [4.78, 5) is 4.72. The summed E-state index contributed by atoms with van der Waals surface area (Å²) >= 11 is 0. The van der Waals surface area contributed by atoms with Crippen molar-refractivity contribution in [1.29, 1.82) is 5.26 Å². The standard InChI is InChI=1S/C25H27N3O3/c1-24(20-5-7-30-8-6-20)13-18-4-3-17(12-22(18)25(24)15-31-23(27)28-25)19-9-16(14-26)10-21(11-19)29-2/h3-4,9-12,20H,5-8,13,15H2,1-2H3,(H2,27,28)/i15D2. The number of nitriles is 1. The Balaban J connectivity index is 1.71. The molecule has 0 bridgehead atoms. The third kappa shape index (κ3) is 2.99. The van der Waals surface area contributed by atoms with Crippen molar-refractivity contribution >= 4 is 6.02 Å². The van der Waals surface area contributed by atoms with Gasteiger partial charge in [0.25, 0.3) is 6.02 Å².